The van der Waals surface area contributed by atoms with E-state index in [1.807, 2.05) is 0 Å². The number of aliphatic hydroxyl groups excluding tert-OH is 1. The Balaban J connectivity index is 1.72. The third-order valence-corrected chi connectivity index (χ3v) is 5.96. The van der Waals surface area contributed by atoms with E-state index in [0.29, 0.717) is 5.56 Å². The molecule has 2 aromatic heterocycles. The fourth-order valence-electron chi connectivity index (χ4n) is 3.59. The zero-order valence-corrected chi connectivity index (χ0v) is 21.2. The molecule has 0 saturated heterocycles. The van der Waals surface area contributed by atoms with Crippen LogP contribution in [0.2, 0.25) is 0 Å². The maximum Gasteiger partial charge on any atom is 0.573 e. The van der Waals surface area contributed by atoms with Crippen molar-refractivity contribution < 1.29 is 44.8 Å². The Bertz CT molecular complexity index is 1390. The summed E-state index contributed by atoms with van der Waals surface area (Å²) < 4.78 is 84.4. The van der Waals surface area contributed by atoms with Crippen LogP contribution in [0.25, 0.3) is 0 Å². The predicted octanol–water partition coefficient (Wildman–Crippen LogP) is 2.77. The Kier molecular flexibility index (Phi) is 9.60. The fourth-order valence-corrected chi connectivity index (χ4v) is 3.95. The molecule has 3 aromatic rings. The molecule has 0 amide bonds. The molecule has 0 aliphatic rings. The molecule has 0 aliphatic heterocycles. The van der Waals surface area contributed by atoms with E-state index >= 15 is 0 Å². The zero-order valence-electron chi connectivity index (χ0n) is 20.4. The van der Waals surface area contributed by atoms with Gasteiger partial charge in [-0.25, -0.2) is 19.5 Å². The van der Waals surface area contributed by atoms with Gasteiger partial charge in [0.25, 0.3) is 0 Å². The van der Waals surface area contributed by atoms with E-state index in [4.69, 9.17) is 5.14 Å². The van der Waals surface area contributed by atoms with Crippen LogP contribution in [-0.2, 0) is 21.0 Å². The molecule has 0 saturated carbocycles. The molecule has 0 aliphatic carbocycles. The van der Waals surface area contributed by atoms with E-state index in [-0.39, 0.29) is 35.7 Å². The maximum atomic E-state index is 14.9. The van der Waals surface area contributed by atoms with Gasteiger partial charge >= 0.3 is 16.7 Å². The number of nitrogens with two attached hydrogens (primary N) is 1. The first-order valence-corrected chi connectivity index (χ1v) is 12.8. The van der Waals surface area contributed by atoms with E-state index in [1.54, 1.807) is 17.6 Å². The van der Waals surface area contributed by atoms with E-state index in [9.17, 15) is 35.9 Å². The Morgan fingerprint density at radius 3 is 2.69 bits per heavy atom. The van der Waals surface area contributed by atoms with Crippen LogP contribution in [0.5, 0.6) is 5.75 Å². The highest BCUT2D eigenvalue weighted by Gasteiger charge is 2.31. The van der Waals surface area contributed by atoms with Crippen molar-refractivity contribution >= 4 is 21.9 Å². The summed E-state index contributed by atoms with van der Waals surface area (Å²) in [7, 11) is -4.30. The number of nitrogens with zero attached hydrogens (tertiary/aromatic N) is 3. The van der Waals surface area contributed by atoms with Crippen molar-refractivity contribution in [2.24, 2.45) is 11.1 Å². The van der Waals surface area contributed by atoms with Crippen molar-refractivity contribution in [2.75, 3.05) is 11.9 Å². The van der Waals surface area contributed by atoms with Crippen molar-refractivity contribution in [3.63, 3.8) is 0 Å². The van der Waals surface area contributed by atoms with Gasteiger partial charge in [-0.05, 0) is 30.2 Å². The first-order valence-electron chi connectivity index (χ1n) is 11.4. The summed E-state index contributed by atoms with van der Waals surface area (Å²) in [6.07, 6.45) is -3.43. The molecule has 2 heterocycles. The standard InChI is InChI=1S/C23H25F4N5O6S/c1-2-15(12-37-39(28,35)36)20(34)21(24)31-22-18(9-29-13-30-22)19(33)16-6-7-32(11-16)10-14-4-3-5-17(8-14)38-23(25,26)27/h3-9,11,13,15,20-21,34H,2,10,12H2,1H3,(H2,28,35,36)(H,29,30,31)/t15-,20-,21-/m1/s1. The number of aliphatic hydroxyl groups is 1. The minimum atomic E-state index is -4.83. The highest BCUT2D eigenvalue weighted by Crippen LogP contribution is 2.25. The number of halogens is 4. The molecule has 212 valence electrons. The summed E-state index contributed by atoms with van der Waals surface area (Å²) in [5.74, 6) is -2.17. The molecule has 0 unspecified atom stereocenters. The van der Waals surface area contributed by atoms with E-state index in [1.165, 1.54) is 30.6 Å². The van der Waals surface area contributed by atoms with Crippen molar-refractivity contribution in [2.45, 2.75) is 38.7 Å². The largest absolute Gasteiger partial charge is 0.573 e. The van der Waals surface area contributed by atoms with Gasteiger partial charge in [0.2, 0.25) is 0 Å². The van der Waals surface area contributed by atoms with Crippen LogP contribution >= 0.6 is 0 Å². The Morgan fingerprint density at radius 1 is 1.28 bits per heavy atom. The lowest BCUT2D eigenvalue weighted by molar-refractivity contribution is -0.274. The number of ketones is 1. The van der Waals surface area contributed by atoms with E-state index < -0.39 is 47.4 Å². The molecular formula is C23H25F4N5O6S. The van der Waals surface area contributed by atoms with Crippen LogP contribution < -0.4 is 15.2 Å². The quantitative estimate of drug-likeness (QED) is 0.158. The van der Waals surface area contributed by atoms with Crippen LogP contribution in [0, 0.1) is 5.92 Å². The topological polar surface area (TPSA) is 159 Å². The van der Waals surface area contributed by atoms with Gasteiger partial charge in [0.1, 0.15) is 24.0 Å². The van der Waals surface area contributed by atoms with Gasteiger partial charge in [-0.1, -0.05) is 19.1 Å². The summed E-state index contributed by atoms with van der Waals surface area (Å²) in [5.41, 5.74) is 0.502. The number of aromatic nitrogens is 3. The SMILES string of the molecule is CC[C@H](COS(N)(=O)=O)[C@@H](O)[C@H](F)Nc1ncncc1C(=O)c1ccn(Cc2cccc(OC(F)(F)F)c2)c1. The highest BCUT2D eigenvalue weighted by molar-refractivity contribution is 7.84. The minimum Gasteiger partial charge on any atom is -0.406 e. The van der Waals surface area contributed by atoms with Gasteiger partial charge < -0.3 is 19.7 Å². The molecule has 11 nitrogen and oxygen atoms in total. The van der Waals surface area contributed by atoms with Crippen LogP contribution in [-0.4, -0.2) is 59.2 Å². The van der Waals surface area contributed by atoms with Crippen LogP contribution in [0.1, 0.15) is 34.8 Å². The number of ether oxygens (including phenoxy) is 1. The molecule has 16 heteroatoms. The van der Waals surface area contributed by atoms with Crippen molar-refractivity contribution in [1.29, 1.82) is 0 Å². The first-order chi connectivity index (χ1) is 18.3. The molecule has 0 fully saturated rings. The van der Waals surface area contributed by atoms with Crippen LogP contribution in [0.4, 0.5) is 23.4 Å². The van der Waals surface area contributed by atoms with Crippen LogP contribution in [0.15, 0.2) is 55.2 Å². The number of alkyl halides is 4. The first kappa shape index (κ1) is 29.9. The average Bonchev–Trinajstić information content (AvgIpc) is 3.31. The van der Waals surface area contributed by atoms with Crippen molar-refractivity contribution in [3.8, 4) is 5.75 Å². The second-order valence-electron chi connectivity index (χ2n) is 8.36. The van der Waals surface area contributed by atoms with Gasteiger partial charge in [0.05, 0.1) is 12.2 Å². The molecule has 0 spiro atoms. The molecule has 3 rings (SSSR count). The van der Waals surface area contributed by atoms with Crippen LogP contribution in [0.3, 0.4) is 0 Å². The normalized spacial score (nSPS) is 14.4. The second kappa shape index (κ2) is 12.5. The predicted molar refractivity (Wildman–Crippen MR) is 129 cm³/mol. The zero-order chi connectivity index (χ0) is 28.8. The third-order valence-electron chi connectivity index (χ3n) is 5.49. The van der Waals surface area contributed by atoms with Gasteiger partial charge in [-0.2, -0.15) is 8.42 Å². The fraction of sp³-hybridized carbons (Fsp3) is 0.348. The third kappa shape index (κ3) is 8.98. The Labute approximate surface area is 220 Å². The molecule has 39 heavy (non-hydrogen) atoms. The molecule has 4 N–H and O–H groups in total. The summed E-state index contributed by atoms with van der Waals surface area (Å²) in [6, 6.07) is 6.82. The summed E-state index contributed by atoms with van der Waals surface area (Å²) >= 11 is 0. The lowest BCUT2D eigenvalue weighted by Crippen LogP contribution is -2.39. The van der Waals surface area contributed by atoms with Crippen molar-refractivity contribution in [1.82, 2.24) is 14.5 Å². The monoisotopic (exact) mass is 575 g/mol. The number of hydrogen-bond acceptors (Lipinski definition) is 9. The second-order valence-corrected chi connectivity index (χ2v) is 9.59. The van der Waals surface area contributed by atoms with Crippen molar-refractivity contribution in [3.05, 3.63) is 71.9 Å². The Morgan fingerprint density at radius 2 is 2.03 bits per heavy atom. The lowest BCUT2D eigenvalue weighted by atomic mass is 9.99. The number of anilines is 1. The number of rotatable bonds is 13. The highest BCUT2D eigenvalue weighted by atomic mass is 32.2. The van der Waals surface area contributed by atoms with E-state index in [2.05, 4.69) is 24.2 Å². The van der Waals surface area contributed by atoms with Gasteiger partial charge in [0.15, 0.2) is 12.1 Å². The lowest BCUT2D eigenvalue weighted by Gasteiger charge is -2.25. The van der Waals surface area contributed by atoms with E-state index in [0.717, 1.165) is 18.6 Å². The van der Waals surface area contributed by atoms with Gasteiger partial charge in [-0.15, -0.1) is 13.2 Å². The van der Waals surface area contributed by atoms with Gasteiger partial charge in [0, 0.05) is 36.6 Å². The minimum absolute atomic E-state index is 0.122. The maximum absolute atomic E-state index is 14.9. The molecule has 0 bridgehead atoms. The molecule has 1 aromatic carbocycles. The number of carbonyl (C=O) groups excluding carboxylic acids is 1. The van der Waals surface area contributed by atoms with Gasteiger partial charge in [-0.3, -0.25) is 8.98 Å². The average molecular weight is 576 g/mol. The number of carbonyl (C=O) groups is 1. The number of hydrogen-bond donors (Lipinski definition) is 3. The summed E-state index contributed by atoms with van der Waals surface area (Å²) in [5, 5.41) is 17.4. The Hall–Kier alpha value is -3.60. The molecule has 3 atom stereocenters. The number of benzene rings is 1. The molecule has 0 radical (unpaired) electrons. The molecular weight excluding hydrogens is 550 g/mol. The summed E-state index contributed by atoms with van der Waals surface area (Å²) in [4.78, 5) is 20.8. The number of nitrogens with one attached hydrogen (secondary N) is 1. The smallest absolute Gasteiger partial charge is 0.406 e. The summed E-state index contributed by atoms with van der Waals surface area (Å²) in [6.45, 7) is 1.14.